The number of hydrogen-bond donors (Lipinski definition) is 2. The number of hydrogen-bond acceptors (Lipinski definition) is 2. The van der Waals surface area contributed by atoms with E-state index >= 15 is 0 Å². The topological polar surface area (TPSA) is 54.7 Å². The van der Waals surface area contributed by atoms with E-state index in [0.717, 1.165) is 26.9 Å². The van der Waals surface area contributed by atoms with Crippen LogP contribution in [0.15, 0.2) is 46.9 Å². The summed E-state index contributed by atoms with van der Waals surface area (Å²) < 4.78 is 14.5. The number of anilines is 1. The molecule has 3 aromatic rings. The summed E-state index contributed by atoms with van der Waals surface area (Å²) in [6.45, 7) is 2.01. The summed E-state index contributed by atoms with van der Waals surface area (Å²) in [6.07, 6.45) is 0. The number of halogens is 2. The van der Waals surface area contributed by atoms with Gasteiger partial charge in [0.05, 0.1) is 11.3 Å². The largest absolute Gasteiger partial charge is 0.382 e. The molecule has 3 nitrogen and oxygen atoms in total. The molecule has 21 heavy (non-hydrogen) atoms. The molecule has 0 spiro atoms. The summed E-state index contributed by atoms with van der Waals surface area (Å²) in [5, 5.41) is 7.04. The molecule has 0 radical (unpaired) electrons. The number of rotatable bonds is 2. The second-order valence-electron chi connectivity index (χ2n) is 4.83. The van der Waals surface area contributed by atoms with Crippen molar-refractivity contribution >= 4 is 21.7 Å². The number of aromatic amines is 1. The van der Waals surface area contributed by atoms with E-state index < -0.39 is 0 Å². The quantitative estimate of drug-likeness (QED) is 0.716. The fraction of sp³-hybridized carbons (Fsp3) is 0.0625. The fourth-order valence-corrected chi connectivity index (χ4v) is 2.87. The van der Waals surface area contributed by atoms with Crippen LogP contribution in [-0.2, 0) is 0 Å². The number of nitrogens with one attached hydrogen (secondary N) is 1. The lowest BCUT2D eigenvalue weighted by molar-refractivity contribution is 0.628. The van der Waals surface area contributed by atoms with Gasteiger partial charge in [0.1, 0.15) is 5.82 Å². The van der Waals surface area contributed by atoms with Crippen LogP contribution in [0.3, 0.4) is 0 Å². The molecular weight excluding hydrogens is 333 g/mol. The Bertz CT molecular complexity index is 811. The van der Waals surface area contributed by atoms with Gasteiger partial charge in [0.25, 0.3) is 0 Å². The van der Waals surface area contributed by atoms with Crippen LogP contribution in [-0.4, -0.2) is 10.2 Å². The molecule has 0 bridgehead atoms. The average molecular weight is 346 g/mol. The van der Waals surface area contributed by atoms with Crippen LogP contribution in [0.2, 0.25) is 0 Å². The van der Waals surface area contributed by atoms with Crippen LogP contribution < -0.4 is 5.73 Å². The molecular formula is C16H13BrFN3. The predicted octanol–water partition coefficient (Wildman–Crippen LogP) is 4.54. The van der Waals surface area contributed by atoms with Gasteiger partial charge in [0.2, 0.25) is 0 Å². The SMILES string of the molecule is Cc1cc(Br)ccc1-c1[nH]nc(N)c1-c1cccc(F)c1. The Morgan fingerprint density at radius 1 is 1.19 bits per heavy atom. The molecule has 106 valence electrons. The zero-order valence-corrected chi connectivity index (χ0v) is 12.9. The van der Waals surface area contributed by atoms with Crippen molar-refractivity contribution in [3.05, 3.63) is 58.3 Å². The Hall–Kier alpha value is -2.14. The lowest BCUT2D eigenvalue weighted by Crippen LogP contribution is -1.90. The van der Waals surface area contributed by atoms with Crippen LogP contribution in [0.4, 0.5) is 10.2 Å². The molecule has 5 heteroatoms. The lowest BCUT2D eigenvalue weighted by Gasteiger charge is -2.08. The normalized spacial score (nSPS) is 10.8. The first-order valence-corrected chi connectivity index (χ1v) is 7.22. The smallest absolute Gasteiger partial charge is 0.153 e. The van der Waals surface area contributed by atoms with Gasteiger partial charge in [0, 0.05) is 10.0 Å². The maximum absolute atomic E-state index is 13.5. The van der Waals surface area contributed by atoms with E-state index in [4.69, 9.17) is 5.73 Å². The second-order valence-corrected chi connectivity index (χ2v) is 5.74. The van der Waals surface area contributed by atoms with Gasteiger partial charge in [-0.15, -0.1) is 0 Å². The molecule has 1 aromatic heterocycles. The minimum absolute atomic E-state index is 0.299. The zero-order chi connectivity index (χ0) is 15.0. The van der Waals surface area contributed by atoms with E-state index in [1.165, 1.54) is 12.1 Å². The van der Waals surface area contributed by atoms with Gasteiger partial charge in [0.15, 0.2) is 5.82 Å². The van der Waals surface area contributed by atoms with Crippen molar-refractivity contribution in [2.24, 2.45) is 0 Å². The summed E-state index contributed by atoms with van der Waals surface area (Å²) >= 11 is 3.45. The summed E-state index contributed by atoms with van der Waals surface area (Å²) in [7, 11) is 0. The van der Waals surface area contributed by atoms with Crippen molar-refractivity contribution in [3.8, 4) is 22.4 Å². The zero-order valence-electron chi connectivity index (χ0n) is 11.3. The van der Waals surface area contributed by atoms with E-state index in [0.29, 0.717) is 11.4 Å². The van der Waals surface area contributed by atoms with Gasteiger partial charge >= 0.3 is 0 Å². The lowest BCUT2D eigenvalue weighted by atomic mass is 9.98. The van der Waals surface area contributed by atoms with Crippen LogP contribution in [0.5, 0.6) is 0 Å². The standard InChI is InChI=1S/C16H13BrFN3/c1-9-7-11(17)5-6-13(9)15-14(16(19)21-20-15)10-3-2-4-12(18)8-10/h2-8H,1H3,(H3,19,20,21). The molecule has 0 saturated heterocycles. The predicted molar refractivity (Wildman–Crippen MR) is 86.3 cm³/mol. The van der Waals surface area contributed by atoms with E-state index in [-0.39, 0.29) is 5.82 Å². The van der Waals surface area contributed by atoms with Gasteiger partial charge < -0.3 is 5.73 Å². The Kier molecular flexibility index (Phi) is 3.51. The molecule has 2 aromatic carbocycles. The van der Waals surface area contributed by atoms with Gasteiger partial charge in [-0.2, -0.15) is 5.10 Å². The molecule has 1 heterocycles. The van der Waals surface area contributed by atoms with Crippen molar-refractivity contribution in [1.82, 2.24) is 10.2 Å². The van der Waals surface area contributed by atoms with E-state index in [2.05, 4.69) is 26.1 Å². The molecule has 0 fully saturated rings. The first kappa shape index (κ1) is 13.8. The number of H-pyrrole nitrogens is 1. The third-order valence-electron chi connectivity index (χ3n) is 3.37. The monoisotopic (exact) mass is 345 g/mol. The van der Waals surface area contributed by atoms with Crippen LogP contribution in [0, 0.1) is 12.7 Å². The molecule has 0 aliphatic rings. The molecule has 0 amide bonds. The molecule has 0 aliphatic heterocycles. The van der Waals surface area contributed by atoms with Crippen LogP contribution in [0.25, 0.3) is 22.4 Å². The number of nitrogen functional groups attached to an aromatic ring is 1. The number of aromatic nitrogens is 2. The number of aryl methyl sites for hydroxylation is 1. The molecule has 3 rings (SSSR count). The Balaban J connectivity index is 2.22. The third-order valence-corrected chi connectivity index (χ3v) is 3.86. The highest BCUT2D eigenvalue weighted by Crippen LogP contribution is 2.36. The minimum atomic E-state index is -0.299. The van der Waals surface area contributed by atoms with Crippen LogP contribution in [0.1, 0.15) is 5.56 Å². The van der Waals surface area contributed by atoms with E-state index in [1.54, 1.807) is 6.07 Å². The highest BCUT2D eigenvalue weighted by atomic mass is 79.9. The Morgan fingerprint density at radius 2 is 2.00 bits per heavy atom. The van der Waals surface area contributed by atoms with E-state index in [1.807, 2.05) is 31.2 Å². The van der Waals surface area contributed by atoms with Crippen molar-refractivity contribution in [3.63, 3.8) is 0 Å². The fourth-order valence-electron chi connectivity index (χ4n) is 2.39. The maximum atomic E-state index is 13.5. The highest BCUT2D eigenvalue weighted by molar-refractivity contribution is 9.10. The number of nitrogens with zero attached hydrogens (tertiary/aromatic N) is 1. The molecule has 3 N–H and O–H groups in total. The number of benzene rings is 2. The highest BCUT2D eigenvalue weighted by Gasteiger charge is 2.16. The van der Waals surface area contributed by atoms with Crippen molar-refractivity contribution in [2.75, 3.05) is 5.73 Å². The summed E-state index contributed by atoms with van der Waals surface area (Å²) in [5.41, 5.74) is 10.3. The molecule has 0 aliphatic carbocycles. The Morgan fingerprint density at radius 3 is 2.71 bits per heavy atom. The first-order valence-electron chi connectivity index (χ1n) is 6.42. The van der Waals surface area contributed by atoms with Crippen molar-refractivity contribution in [1.29, 1.82) is 0 Å². The van der Waals surface area contributed by atoms with Gasteiger partial charge in [-0.05, 0) is 42.3 Å². The second kappa shape index (κ2) is 5.33. The average Bonchev–Trinajstić information content (AvgIpc) is 2.80. The van der Waals surface area contributed by atoms with Gasteiger partial charge in [-0.25, -0.2) is 4.39 Å². The summed E-state index contributed by atoms with van der Waals surface area (Å²) in [4.78, 5) is 0. The summed E-state index contributed by atoms with van der Waals surface area (Å²) in [5.74, 6) is 0.0597. The minimum Gasteiger partial charge on any atom is -0.382 e. The Labute approximate surface area is 130 Å². The number of nitrogens with two attached hydrogens (primary N) is 1. The van der Waals surface area contributed by atoms with Gasteiger partial charge in [-0.3, -0.25) is 5.10 Å². The molecule has 0 unspecified atom stereocenters. The van der Waals surface area contributed by atoms with Crippen molar-refractivity contribution in [2.45, 2.75) is 6.92 Å². The van der Waals surface area contributed by atoms with Crippen LogP contribution >= 0.6 is 15.9 Å². The van der Waals surface area contributed by atoms with E-state index in [9.17, 15) is 4.39 Å². The molecule has 0 atom stereocenters. The van der Waals surface area contributed by atoms with Gasteiger partial charge in [-0.1, -0.05) is 34.1 Å². The first-order chi connectivity index (χ1) is 10.1. The molecule has 0 saturated carbocycles. The van der Waals surface area contributed by atoms with Crippen molar-refractivity contribution < 1.29 is 4.39 Å². The maximum Gasteiger partial charge on any atom is 0.153 e. The summed E-state index contributed by atoms with van der Waals surface area (Å²) in [6, 6.07) is 12.3. The third kappa shape index (κ3) is 2.56.